The number of hydrogen-bond donors (Lipinski definition) is 7. The molecular weight excluding hydrogens is 546 g/mol. The second kappa shape index (κ2) is 16.5. The predicted molar refractivity (Wildman–Crippen MR) is 168 cm³/mol. The van der Waals surface area contributed by atoms with E-state index in [1.807, 2.05) is 20.8 Å². The minimum atomic E-state index is -1.09. The number of amides is 2. The summed E-state index contributed by atoms with van der Waals surface area (Å²) >= 11 is 0. The highest BCUT2D eigenvalue weighted by Crippen LogP contribution is 2.50. The third kappa shape index (κ3) is 7.82. The van der Waals surface area contributed by atoms with Gasteiger partial charge in [0.2, 0.25) is 11.8 Å². The molecule has 0 radical (unpaired) electrons. The molecule has 1 aliphatic heterocycles. The van der Waals surface area contributed by atoms with Crippen LogP contribution in [0.2, 0.25) is 0 Å². The number of fused-ring (bicyclic) bond motifs is 1. The molecule has 1 saturated carbocycles. The molecule has 234 valence electrons. The highest BCUT2D eigenvalue weighted by atomic mass is 16.2. The number of carbonyl (C=O) groups is 3. The number of hydrazine groups is 1. The van der Waals surface area contributed by atoms with Crippen LogP contribution in [0.1, 0.15) is 78.8 Å². The zero-order chi connectivity index (χ0) is 31.6. The fraction of sp³-hybridized carbons (Fsp3) is 0.452. The molecule has 5 unspecified atom stereocenters. The number of nitrogens with one attached hydrogen (secondary N) is 2. The van der Waals surface area contributed by atoms with Crippen molar-refractivity contribution in [3.63, 3.8) is 0 Å². The van der Waals surface area contributed by atoms with E-state index in [2.05, 4.69) is 30.0 Å². The zero-order valence-electron chi connectivity index (χ0n) is 25.5. The first-order valence-electron chi connectivity index (χ1n) is 14.2. The lowest BCUT2D eigenvalue weighted by Gasteiger charge is -2.37. The van der Waals surface area contributed by atoms with Gasteiger partial charge in [-0.3, -0.25) is 31.5 Å². The van der Waals surface area contributed by atoms with Gasteiger partial charge < -0.3 is 27.8 Å². The van der Waals surface area contributed by atoms with Gasteiger partial charge in [0.25, 0.3) is 0 Å². The van der Waals surface area contributed by atoms with Gasteiger partial charge in [-0.05, 0) is 61.3 Å². The van der Waals surface area contributed by atoms with Gasteiger partial charge >= 0.3 is 0 Å². The number of nitriles is 1. The zero-order valence-corrected chi connectivity index (χ0v) is 25.5. The van der Waals surface area contributed by atoms with Gasteiger partial charge in [0.05, 0.1) is 18.0 Å². The van der Waals surface area contributed by atoms with E-state index in [9.17, 15) is 19.6 Å². The van der Waals surface area contributed by atoms with Gasteiger partial charge in [-0.15, -0.1) is 0 Å². The van der Waals surface area contributed by atoms with Crippen molar-refractivity contribution < 1.29 is 14.4 Å². The van der Waals surface area contributed by atoms with Crippen LogP contribution in [-0.2, 0) is 10.2 Å². The summed E-state index contributed by atoms with van der Waals surface area (Å²) in [5, 5.41) is 21.6. The van der Waals surface area contributed by atoms with Gasteiger partial charge in [-0.2, -0.15) is 5.26 Å². The number of primary amides is 1. The number of likely N-dealkylation sites (tertiary alicyclic amines) is 1. The van der Waals surface area contributed by atoms with E-state index in [-0.39, 0.29) is 36.5 Å². The first-order chi connectivity index (χ1) is 20.1. The Bertz CT molecular complexity index is 1280. The third-order valence-electron chi connectivity index (χ3n) is 8.25. The van der Waals surface area contributed by atoms with E-state index in [4.69, 9.17) is 16.9 Å². The average molecular weight is 594 g/mol. The predicted octanol–water partition coefficient (Wildman–Crippen LogP) is 2.34. The largest absolute Gasteiger partial charge is 0.387 e. The number of piperidine rings is 1. The molecular formula is C31H47N9O3. The van der Waals surface area contributed by atoms with Crippen molar-refractivity contribution in [2.45, 2.75) is 70.5 Å². The molecule has 12 heteroatoms. The fourth-order valence-electron chi connectivity index (χ4n) is 6.05. The summed E-state index contributed by atoms with van der Waals surface area (Å²) in [7, 11) is 0. The van der Waals surface area contributed by atoms with Crippen LogP contribution in [0.25, 0.3) is 0 Å². The smallest absolute Gasteiger partial charge is 0.248 e. The number of aldehydes is 1. The van der Waals surface area contributed by atoms with E-state index in [1.165, 1.54) is 0 Å². The minimum Gasteiger partial charge on any atom is -0.387 e. The number of amidine groups is 1. The maximum Gasteiger partial charge on any atom is 0.248 e. The molecule has 0 bridgehead atoms. The van der Waals surface area contributed by atoms with Crippen LogP contribution >= 0.6 is 0 Å². The number of carbonyl (C=O) groups excluding carboxylic acids is 3. The minimum absolute atomic E-state index is 0. The highest BCUT2D eigenvalue weighted by molar-refractivity contribution is 5.95. The molecule has 0 spiro atoms. The fourth-order valence-corrected chi connectivity index (χ4v) is 6.05. The maximum absolute atomic E-state index is 13.2. The second-order valence-corrected chi connectivity index (χ2v) is 10.5. The van der Waals surface area contributed by atoms with Crippen molar-refractivity contribution in [2.24, 2.45) is 35.0 Å². The quantitative estimate of drug-likeness (QED) is 0.0700. The number of nitrogens with two attached hydrogens (primary N) is 4. The van der Waals surface area contributed by atoms with Gasteiger partial charge in [0.1, 0.15) is 18.2 Å². The Balaban J connectivity index is 0.00000177. The molecule has 2 aromatic carbocycles. The molecule has 12 nitrogen and oxygen atoms in total. The van der Waals surface area contributed by atoms with Crippen LogP contribution in [0, 0.1) is 28.6 Å². The Morgan fingerprint density at radius 2 is 1.63 bits per heavy atom. The number of benzene rings is 2. The lowest BCUT2D eigenvalue weighted by molar-refractivity contribution is -0.133. The number of nitrogens with zero attached hydrogens (tertiary/aromatic N) is 2. The third-order valence-corrected chi connectivity index (χ3v) is 8.25. The topological polar surface area (TPSA) is 253 Å². The Kier molecular flexibility index (Phi) is 14.1. The molecule has 2 amide bonds. The summed E-state index contributed by atoms with van der Waals surface area (Å²) in [4.78, 5) is 37.9. The molecule has 1 saturated heterocycles. The van der Waals surface area contributed by atoms with Crippen LogP contribution in [-0.4, -0.2) is 53.5 Å². The Hall–Kier alpha value is -4.15. The second-order valence-electron chi connectivity index (χ2n) is 10.5. The summed E-state index contributed by atoms with van der Waals surface area (Å²) in [6.07, 6.45) is 2.76. The Morgan fingerprint density at radius 1 is 1.09 bits per heavy atom. The average Bonchev–Trinajstić information content (AvgIpc) is 3.69. The molecule has 2 aliphatic rings. The van der Waals surface area contributed by atoms with E-state index in [0.29, 0.717) is 46.9 Å². The monoisotopic (exact) mass is 593 g/mol. The van der Waals surface area contributed by atoms with Crippen molar-refractivity contribution in [3.8, 4) is 6.07 Å². The molecule has 1 aliphatic carbocycles. The first kappa shape index (κ1) is 36.9. The van der Waals surface area contributed by atoms with E-state index in [1.54, 1.807) is 53.4 Å². The van der Waals surface area contributed by atoms with Crippen LogP contribution in [0.3, 0.4) is 0 Å². The van der Waals surface area contributed by atoms with Gasteiger partial charge in [0, 0.05) is 23.2 Å². The van der Waals surface area contributed by atoms with Crippen molar-refractivity contribution >= 4 is 23.9 Å². The molecule has 13 N–H and O–H groups in total. The van der Waals surface area contributed by atoms with E-state index >= 15 is 0 Å². The summed E-state index contributed by atoms with van der Waals surface area (Å²) in [6, 6.07) is 15.3. The highest BCUT2D eigenvalue weighted by Gasteiger charge is 2.56. The van der Waals surface area contributed by atoms with E-state index in [0.717, 1.165) is 12.7 Å². The molecule has 6 atom stereocenters. The van der Waals surface area contributed by atoms with Crippen molar-refractivity contribution in [1.82, 2.24) is 16.4 Å². The van der Waals surface area contributed by atoms with Crippen LogP contribution in [0.4, 0.5) is 0 Å². The molecule has 4 rings (SSSR count). The van der Waals surface area contributed by atoms with Crippen LogP contribution < -0.4 is 34.6 Å². The lowest BCUT2D eigenvalue weighted by Crippen LogP contribution is -2.51. The summed E-state index contributed by atoms with van der Waals surface area (Å²) in [5.74, 6) is 8.12. The van der Waals surface area contributed by atoms with Crippen molar-refractivity contribution in [2.75, 3.05) is 6.54 Å². The van der Waals surface area contributed by atoms with Gasteiger partial charge in [0.15, 0.2) is 0 Å². The summed E-state index contributed by atoms with van der Waals surface area (Å²) in [5.41, 5.74) is 12.8. The molecule has 0 aromatic heterocycles. The SMILES string of the molecule is CC.CC(CC(C(=N)N)(c1ccc(C=O)cc1)c1ccc(C(N)=O)cc1)NCC(=O)N1C(C#N)CCC2C1[C@H]2C.N.NN. The maximum atomic E-state index is 13.2. The summed E-state index contributed by atoms with van der Waals surface area (Å²) in [6.45, 7) is 8.11. The molecule has 1 heterocycles. The Morgan fingerprint density at radius 3 is 2.09 bits per heavy atom. The summed E-state index contributed by atoms with van der Waals surface area (Å²) < 4.78 is 0. The van der Waals surface area contributed by atoms with Gasteiger partial charge in [-0.1, -0.05) is 57.2 Å². The van der Waals surface area contributed by atoms with Gasteiger partial charge in [-0.25, -0.2) is 0 Å². The lowest BCUT2D eigenvalue weighted by atomic mass is 9.69. The van der Waals surface area contributed by atoms with E-state index < -0.39 is 17.4 Å². The molecule has 2 aromatic rings. The molecule has 43 heavy (non-hydrogen) atoms. The first-order valence-corrected chi connectivity index (χ1v) is 14.2. The normalized spacial score (nSPS) is 21.7. The number of rotatable bonds is 10. The van der Waals surface area contributed by atoms with Crippen LogP contribution in [0.5, 0.6) is 0 Å². The Labute approximate surface area is 254 Å². The van der Waals surface area contributed by atoms with Crippen molar-refractivity contribution in [1.29, 1.82) is 10.7 Å². The standard InChI is InChI=1S/C29H34N6O3.C2H6.H4N2.H3N/c1-17(34-15-25(37)35-23(14-30)11-12-24-18(2)26(24)35)13-29(28(32)33,21-7-3-19(16-36)4-8-21)22-9-5-20(6-10-22)27(31)38;2*1-2;/h3-10,16-18,23-24,26,34H,11-13,15H2,1-2H3,(H2,31,38)(H3,32,33);1-2H3;1-2H2;1H3/t17?,18-,23?,24?,26?,29?;;;/m0.../s1. The molecule has 2 fully saturated rings. The van der Waals surface area contributed by atoms with Crippen molar-refractivity contribution in [3.05, 3.63) is 70.8 Å². The van der Waals surface area contributed by atoms with Crippen LogP contribution in [0.15, 0.2) is 48.5 Å². The number of hydrogen-bond acceptors (Lipinski definition) is 9.